The van der Waals surface area contributed by atoms with Gasteiger partial charge in [-0.05, 0) is 36.5 Å². The second kappa shape index (κ2) is 7.74. The fourth-order valence-corrected chi connectivity index (χ4v) is 3.79. The predicted octanol–water partition coefficient (Wildman–Crippen LogP) is 3.78. The van der Waals surface area contributed by atoms with E-state index in [-0.39, 0.29) is 5.91 Å². The number of benzene rings is 1. The van der Waals surface area contributed by atoms with Crippen molar-refractivity contribution in [2.24, 2.45) is 5.92 Å². The Morgan fingerprint density at radius 2 is 2.05 bits per heavy atom. The minimum atomic E-state index is -0.866. The van der Waals surface area contributed by atoms with E-state index in [0.717, 1.165) is 29.2 Å². The van der Waals surface area contributed by atoms with E-state index >= 15 is 0 Å². The van der Waals surface area contributed by atoms with Crippen molar-refractivity contribution < 1.29 is 9.00 Å². The van der Waals surface area contributed by atoms with Crippen LogP contribution in [0.25, 0.3) is 0 Å². The van der Waals surface area contributed by atoms with Crippen LogP contribution in [-0.2, 0) is 21.3 Å². The average molecular weight is 307 g/mol. The van der Waals surface area contributed by atoms with Crippen molar-refractivity contribution in [2.45, 2.75) is 51.2 Å². The molecule has 0 aliphatic heterocycles. The van der Waals surface area contributed by atoms with Gasteiger partial charge in [0.15, 0.2) is 0 Å². The standard InChI is InChI=1S/C17H25NO2S/c1-13-15(12-21(2)20)8-5-9-16(13)18-17(19)11-10-14-6-3-4-7-14/h5,8-9,14H,3-4,6-7,10-12H2,1-2H3,(H,18,19). The molecule has 0 aromatic heterocycles. The van der Waals surface area contributed by atoms with Crippen LogP contribution in [0.15, 0.2) is 18.2 Å². The summed E-state index contributed by atoms with van der Waals surface area (Å²) in [7, 11) is -0.866. The van der Waals surface area contributed by atoms with E-state index in [2.05, 4.69) is 5.32 Å². The molecule has 1 aliphatic rings. The highest BCUT2D eigenvalue weighted by atomic mass is 32.2. The van der Waals surface area contributed by atoms with Gasteiger partial charge in [0.05, 0.1) is 0 Å². The van der Waals surface area contributed by atoms with Gasteiger partial charge in [0.1, 0.15) is 0 Å². The zero-order chi connectivity index (χ0) is 15.2. The molecule has 0 bridgehead atoms. The first-order chi connectivity index (χ1) is 10.1. The molecular formula is C17H25NO2S. The average Bonchev–Trinajstić information content (AvgIpc) is 2.94. The van der Waals surface area contributed by atoms with Crippen LogP contribution >= 0.6 is 0 Å². The molecule has 1 aromatic carbocycles. The lowest BCUT2D eigenvalue weighted by atomic mass is 10.0. The maximum absolute atomic E-state index is 12.1. The third-order valence-corrected chi connectivity index (χ3v) is 5.05. The van der Waals surface area contributed by atoms with E-state index in [1.165, 1.54) is 25.7 Å². The molecule has 1 atom stereocenters. The Labute approximate surface area is 130 Å². The normalized spacial score (nSPS) is 16.9. The summed E-state index contributed by atoms with van der Waals surface area (Å²) in [6.45, 7) is 1.98. The van der Waals surface area contributed by atoms with Crippen LogP contribution in [0.5, 0.6) is 0 Å². The van der Waals surface area contributed by atoms with Gasteiger partial charge in [0, 0.05) is 34.9 Å². The Kier molecular flexibility index (Phi) is 5.97. The molecule has 1 aromatic rings. The zero-order valence-corrected chi connectivity index (χ0v) is 13.8. The second-order valence-electron chi connectivity index (χ2n) is 6.04. The largest absolute Gasteiger partial charge is 0.326 e. The van der Waals surface area contributed by atoms with Gasteiger partial charge in [-0.3, -0.25) is 9.00 Å². The summed E-state index contributed by atoms with van der Waals surface area (Å²) in [5.41, 5.74) is 2.93. The van der Waals surface area contributed by atoms with Crippen molar-refractivity contribution >= 4 is 22.4 Å². The SMILES string of the molecule is Cc1c(CS(C)=O)cccc1NC(=O)CCC1CCCC1. The highest BCUT2D eigenvalue weighted by Gasteiger charge is 2.16. The highest BCUT2D eigenvalue weighted by Crippen LogP contribution is 2.28. The number of anilines is 1. The van der Waals surface area contributed by atoms with Crippen molar-refractivity contribution in [3.05, 3.63) is 29.3 Å². The van der Waals surface area contributed by atoms with Gasteiger partial charge in [-0.25, -0.2) is 0 Å². The quantitative estimate of drug-likeness (QED) is 0.869. The summed E-state index contributed by atoms with van der Waals surface area (Å²) in [6.07, 6.45) is 8.52. The summed E-state index contributed by atoms with van der Waals surface area (Å²) in [5, 5.41) is 3.01. The van der Waals surface area contributed by atoms with Crippen LogP contribution in [0.1, 0.15) is 49.7 Å². The maximum atomic E-state index is 12.1. The molecule has 21 heavy (non-hydrogen) atoms. The van der Waals surface area contributed by atoms with Gasteiger partial charge in [-0.1, -0.05) is 37.8 Å². The second-order valence-corrected chi connectivity index (χ2v) is 7.48. The van der Waals surface area contributed by atoms with Gasteiger partial charge in [0.2, 0.25) is 5.91 Å². The van der Waals surface area contributed by atoms with E-state index in [4.69, 9.17) is 0 Å². The minimum Gasteiger partial charge on any atom is -0.326 e. The molecule has 1 aliphatic carbocycles. The number of carbonyl (C=O) groups is 1. The van der Waals surface area contributed by atoms with Crippen LogP contribution in [0.2, 0.25) is 0 Å². The summed E-state index contributed by atoms with van der Waals surface area (Å²) < 4.78 is 11.4. The number of hydrogen-bond donors (Lipinski definition) is 1. The lowest BCUT2D eigenvalue weighted by Crippen LogP contribution is -2.14. The van der Waals surface area contributed by atoms with Crippen LogP contribution in [0, 0.1) is 12.8 Å². The van der Waals surface area contributed by atoms with Gasteiger partial charge in [-0.2, -0.15) is 0 Å². The van der Waals surface area contributed by atoms with Gasteiger partial charge in [-0.15, -0.1) is 0 Å². The van der Waals surface area contributed by atoms with Crippen molar-refractivity contribution in [2.75, 3.05) is 11.6 Å². The molecule has 1 amide bonds. The van der Waals surface area contributed by atoms with Crippen molar-refractivity contribution in [1.82, 2.24) is 0 Å². The zero-order valence-electron chi connectivity index (χ0n) is 13.0. The molecule has 1 unspecified atom stereocenters. The van der Waals surface area contributed by atoms with E-state index in [1.54, 1.807) is 6.26 Å². The van der Waals surface area contributed by atoms with E-state index in [9.17, 15) is 9.00 Å². The van der Waals surface area contributed by atoms with Crippen LogP contribution < -0.4 is 5.32 Å². The topological polar surface area (TPSA) is 46.2 Å². The van der Waals surface area contributed by atoms with Crippen molar-refractivity contribution in [3.63, 3.8) is 0 Å². The lowest BCUT2D eigenvalue weighted by Gasteiger charge is -2.13. The maximum Gasteiger partial charge on any atom is 0.224 e. The Balaban J connectivity index is 1.92. The van der Waals surface area contributed by atoms with Crippen molar-refractivity contribution in [1.29, 1.82) is 0 Å². The monoisotopic (exact) mass is 307 g/mol. The van der Waals surface area contributed by atoms with Crippen LogP contribution in [-0.4, -0.2) is 16.4 Å². The van der Waals surface area contributed by atoms with Gasteiger partial charge < -0.3 is 5.32 Å². The van der Waals surface area contributed by atoms with Gasteiger partial charge in [0.25, 0.3) is 0 Å². The Morgan fingerprint density at radius 1 is 1.33 bits per heavy atom. The highest BCUT2D eigenvalue weighted by molar-refractivity contribution is 7.83. The Morgan fingerprint density at radius 3 is 2.71 bits per heavy atom. The summed E-state index contributed by atoms with van der Waals surface area (Å²) in [6, 6.07) is 5.82. The molecule has 0 saturated heterocycles. The third-order valence-electron chi connectivity index (χ3n) is 4.33. The smallest absolute Gasteiger partial charge is 0.224 e. The number of hydrogen-bond acceptors (Lipinski definition) is 2. The third kappa shape index (κ3) is 4.95. The Hall–Kier alpha value is -1.16. The molecule has 2 rings (SSSR count). The van der Waals surface area contributed by atoms with Crippen LogP contribution in [0.3, 0.4) is 0 Å². The fourth-order valence-electron chi connectivity index (χ4n) is 3.04. The van der Waals surface area contributed by atoms with Crippen molar-refractivity contribution in [3.8, 4) is 0 Å². The van der Waals surface area contributed by atoms with E-state index < -0.39 is 10.8 Å². The molecule has 116 valence electrons. The summed E-state index contributed by atoms with van der Waals surface area (Å²) >= 11 is 0. The first-order valence-corrected chi connectivity index (χ1v) is 9.47. The first-order valence-electron chi connectivity index (χ1n) is 7.74. The molecule has 4 heteroatoms. The van der Waals surface area contributed by atoms with Crippen LogP contribution in [0.4, 0.5) is 5.69 Å². The lowest BCUT2D eigenvalue weighted by molar-refractivity contribution is -0.116. The summed E-state index contributed by atoms with van der Waals surface area (Å²) in [5.74, 6) is 1.38. The number of nitrogens with one attached hydrogen (secondary N) is 1. The Bertz CT molecular complexity index is 522. The molecule has 1 saturated carbocycles. The van der Waals surface area contributed by atoms with E-state index in [1.807, 2.05) is 25.1 Å². The molecule has 1 N–H and O–H groups in total. The molecule has 0 radical (unpaired) electrons. The van der Waals surface area contributed by atoms with E-state index in [0.29, 0.717) is 12.2 Å². The number of carbonyl (C=O) groups excluding carboxylic acids is 1. The first kappa shape index (κ1) is 16.2. The molecule has 0 heterocycles. The number of rotatable bonds is 6. The number of amides is 1. The van der Waals surface area contributed by atoms with Gasteiger partial charge >= 0.3 is 0 Å². The molecule has 0 spiro atoms. The fraction of sp³-hybridized carbons (Fsp3) is 0.588. The molecule has 1 fully saturated rings. The molecule has 3 nitrogen and oxygen atoms in total. The summed E-state index contributed by atoms with van der Waals surface area (Å²) in [4.78, 5) is 12.1. The predicted molar refractivity (Wildman–Crippen MR) is 88.8 cm³/mol. The minimum absolute atomic E-state index is 0.0970. The molecular weight excluding hydrogens is 282 g/mol.